The van der Waals surface area contributed by atoms with Crippen LogP contribution in [-0.4, -0.2) is 66.7 Å². The van der Waals surface area contributed by atoms with Crippen molar-refractivity contribution in [1.29, 1.82) is 0 Å². The lowest BCUT2D eigenvalue weighted by molar-refractivity contribution is 0.157. The molecule has 1 unspecified atom stereocenters. The second-order valence-electron chi connectivity index (χ2n) is 5.66. The number of rotatable bonds is 7. The van der Waals surface area contributed by atoms with Gasteiger partial charge >= 0.3 is 0 Å². The molecule has 108 valence electrons. The number of aryl methyl sites for hydroxylation is 1. The molecule has 0 radical (unpaired) electrons. The van der Waals surface area contributed by atoms with Crippen LogP contribution in [0.1, 0.15) is 17.9 Å². The normalized spacial score (nSPS) is 20.5. The van der Waals surface area contributed by atoms with Crippen LogP contribution < -0.4 is 0 Å². The Morgan fingerprint density at radius 2 is 2.42 bits per heavy atom. The van der Waals surface area contributed by atoms with Gasteiger partial charge in [-0.1, -0.05) is 0 Å². The van der Waals surface area contributed by atoms with Gasteiger partial charge in [0, 0.05) is 38.6 Å². The first-order chi connectivity index (χ1) is 9.17. The van der Waals surface area contributed by atoms with E-state index in [1.807, 2.05) is 13.1 Å². The molecule has 0 bridgehead atoms. The predicted molar refractivity (Wildman–Crippen MR) is 76.1 cm³/mol. The number of hydrogen-bond acceptors (Lipinski definition) is 4. The molecule has 1 aliphatic rings. The van der Waals surface area contributed by atoms with Gasteiger partial charge in [-0.2, -0.15) is 0 Å². The molecule has 1 aromatic heterocycles. The summed E-state index contributed by atoms with van der Waals surface area (Å²) in [5.74, 6) is 1.84. The molecule has 0 aliphatic carbocycles. The van der Waals surface area contributed by atoms with Gasteiger partial charge in [0.25, 0.3) is 0 Å². The molecule has 19 heavy (non-hydrogen) atoms. The zero-order valence-corrected chi connectivity index (χ0v) is 12.4. The molecule has 1 N–H and O–H groups in total. The van der Waals surface area contributed by atoms with Gasteiger partial charge in [0.05, 0.1) is 13.2 Å². The Morgan fingerprint density at radius 1 is 1.58 bits per heavy atom. The highest BCUT2D eigenvalue weighted by atomic mass is 16.5. The van der Waals surface area contributed by atoms with Crippen molar-refractivity contribution in [2.45, 2.75) is 19.9 Å². The van der Waals surface area contributed by atoms with Crippen molar-refractivity contribution < 1.29 is 4.74 Å². The average molecular weight is 266 g/mol. The molecule has 5 heteroatoms. The monoisotopic (exact) mass is 266 g/mol. The van der Waals surface area contributed by atoms with Gasteiger partial charge in [-0.05, 0) is 32.9 Å². The predicted octanol–water partition coefficient (Wildman–Crippen LogP) is 1.12. The van der Waals surface area contributed by atoms with Crippen LogP contribution in [0.2, 0.25) is 0 Å². The second-order valence-corrected chi connectivity index (χ2v) is 5.66. The molecule has 0 amide bonds. The van der Waals surface area contributed by atoms with Crippen LogP contribution in [0.3, 0.4) is 0 Å². The van der Waals surface area contributed by atoms with Crippen LogP contribution in [0.25, 0.3) is 0 Å². The summed E-state index contributed by atoms with van der Waals surface area (Å²) >= 11 is 0. The van der Waals surface area contributed by atoms with Gasteiger partial charge in [-0.25, -0.2) is 4.98 Å². The number of methoxy groups -OCH3 is 1. The quantitative estimate of drug-likeness (QED) is 0.803. The zero-order valence-electron chi connectivity index (χ0n) is 12.4. The lowest BCUT2D eigenvalue weighted by Gasteiger charge is -2.20. The summed E-state index contributed by atoms with van der Waals surface area (Å²) in [6.07, 6.45) is 3.19. The molecule has 1 saturated heterocycles. The van der Waals surface area contributed by atoms with Gasteiger partial charge in [0.15, 0.2) is 0 Å². The van der Waals surface area contributed by atoms with Crippen molar-refractivity contribution in [2.75, 3.05) is 46.9 Å². The van der Waals surface area contributed by atoms with Crippen LogP contribution in [-0.2, 0) is 11.3 Å². The van der Waals surface area contributed by atoms with Crippen molar-refractivity contribution in [1.82, 2.24) is 19.8 Å². The summed E-state index contributed by atoms with van der Waals surface area (Å²) in [5.41, 5.74) is 1.13. The SMILES string of the molecule is COCCN1CCC(CN(C)Cc2ncc(C)[nH]2)C1. The molecule has 1 atom stereocenters. The first-order valence-corrected chi connectivity index (χ1v) is 7.07. The van der Waals surface area contributed by atoms with Crippen molar-refractivity contribution in [3.05, 3.63) is 17.7 Å². The maximum Gasteiger partial charge on any atom is 0.120 e. The third kappa shape index (κ3) is 4.60. The lowest BCUT2D eigenvalue weighted by atomic mass is 10.1. The number of aromatic amines is 1. The fraction of sp³-hybridized carbons (Fsp3) is 0.786. The van der Waals surface area contributed by atoms with Gasteiger partial charge in [-0.3, -0.25) is 4.90 Å². The highest BCUT2D eigenvalue weighted by molar-refractivity contribution is 4.98. The molecule has 0 saturated carbocycles. The Kier molecular flexibility index (Phi) is 5.36. The Morgan fingerprint density at radius 3 is 3.11 bits per heavy atom. The topological polar surface area (TPSA) is 44.4 Å². The minimum atomic E-state index is 0.776. The summed E-state index contributed by atoms with van der Waals surface area (Å²) in [7, 11) is 3.95. The molecule has 2 rings (SSSR count). The number of aromatic nitrogens is 2. The first kappa shape index (κ1) is 14.5. The smallest absolute Gasteiger partial charge is 0.120 e. The van der Waals surface area contributed by atoms with E-state index in [0.717, 1.165) is 43.7 Å². The van der Waals surface area contributed by atoms with E-state index in [2.05, 4.69) is 26.8 Å². The zero-order chi connectivity index (χ0) is 13.7. The molecule has 0 spiro atoms. The largest absolute Gasteiger partial charge is 0.383 e. The van der Waals surface area contributed by atoms with E-state index < -0.39 is 0 Å². The minimum absolute atomic E-state index is 0.776. The van der Waals surface area contributed by atoms with Crippen LogP contribution >= 0.6 is 0 Å². The fourth-order valence-electron chi connectivity index (χ4n) is 2.79. The molecule has 1 fully saturated rings. The maximum atomic E-state index is 5.14. The molecule has 5 nitrogen and oxygen atoms in total. The van der Waals surface area contributed by atoms with E-state index in [0.29, 0.717) is 0 Å². The second kappa shape index (κ2) is 7.03. The number of imidazole rings is 1. The summed E-state index contributed by atoms with van der Waals surface area (Å²) in [4.78, 5) is 12.5. The minimum Gasteiger partial charge on any atom is -0.383 e. The van der Waals surface area contributed by atoms with E-state index in [9.17, 15) is 0 Å². The van der Waals surface area contributed by atoms with Crippen molar-refractivity contribution in [3.8, 4) is 0 Å². The van der Waals surface area contributed by atoms with Gasteiger partial charge < -0.3 is 14.6 Å². The van der Waals surface area contributed by atoms with Crippen LogP contribution in [0.4, 0.5) is 0 Å². The van der Waals surface area contributed by atoms with E-state index >= 15 is 0 Å². The number of nitrogens with zero attached hydrogens (tertiary/aromatic N) is 3. The number of nitrogens with one attached hydrogen (secondary N) is 1. The summed E-state index contributed by atoms with van der Waals surface area (Å²) in [5, 5.41) is 0. The third-order valence-electron chi connectivity index (χ3n) is 3.73. The maximum absolute atomic E-state index is 5.14. The standard InChI is InChI=1S/C14H26N4O/c1-12-8-15-14(16-12)11-17(2)9-13-4-5-18(10-13)6-7-19-3/h8,13H,4-7,9-11H2,1-3H3,(H,15,16). The first-order valence-electron chi connectivity index (χ1n) is 7.07. The average Bonchev–Trinajstić information content (AvgIpc) is 2.96. The molecule has 0 aromatic carbocycles. The lowest BCUT2D eigenvalue weighted by Crippen LogP contribution is -2.29. The fourth-order valence-corrected chi connectivity index (χ4v) is 2.79. The van der Waals surface area contributed by atoms with E-state index in [1.54, 1.807) is 7.11 Å². The van der Waals surface area contributed by atoms with Crippen LogP contribution in [0.15, 0.2) is 6.20 Å². The highest BCUT2D eigenvalue weighted by Gasteiger charge is 2.23. The Labute approximate surface area is 116 Å². The molecular weight excluding hydrogens is 240 g/mol. The summed E-state index contributed by atoms with van der Waals surface area (Å²) in [6.45, 7) is 8.40. The van der Waals surface area contributed by atoms with E-state index in [4.69, 9.17) is 4.74 Å². The van der Waals surface area contributed by atoms with Crippen molar-refractivity contribution in [3.63, 3.8) is 0 Å². The van der Waals surface area contributed by atoms with Crippen molar-refractivity contribution >= 4 is 0 Å². The number of likely N-dealkylation sites (tertiary alicyclic amines) is 1. The molecule has 1 aliphatic heterocycles. The van der Waals surface area contributed by atoms with Gasteiger partial charge in [-0.15, -0.1) is 0 Å². The highest BCUT2D eigenvalue weighted by Crippen LogP contribution is 2.17. The molecule has 2 heterocycles. The Hall–Kier alpha value is -0.910. The van der Waals surface area contributed by atoms with E-state index in [-0.39, 0.29) is 0 Å². The third-order valence-corrected chi connectivity index (χ3v) is 3.73. The number of ether oxygens (including phenoxy) is 1. The molecular formula is C14H26N4O. The van der Waals surface area contributed by atoms with Crippen LogP contribution in [0, 0.1) is 12.8 Å². The number of hydrogen-bond donors (Lipinski definition) is 1. The van der Waals surface area contributed by atoms with Gasteiger partial charge in [0.1, 0.15) is 5.82 Å². The summed E-state index contributed by atoms with van der Waals surface area (Å²) < 4.78 is 5.14. The Bertz CT molecular complexity index is 379. The van der Waals surface area contributed by atoms with Crippen molar-refractivity contribution in [2.24, 2.45) is 5.92 Å². The van der Waals surface area contributed by atoms with Crippen LogP contribution in [0.5, 0.6) is 0 Å². The van der Waals surface area contributed by atoms with E-state index in [1.165, 1.54) is 19.5 Å². The number of H-pyrrole nitrogens is 1. The molecule has 1 aromatic rings. The summed E-state index contributed by atoms with van der Waals surface area (Å²) in [6, 6.07) is 0. The Balaban J connectivity index is 1.70. The van der Waals surface area contributed by atoms with Gasteiger partial charge in [0.2, 0.25) is 0 Å².